The maximum absolute atomic E-state index is 10.8. The first kappa shape index (κ1) is 15.5. The molecule has 5 nitrogen and oxygen atoms in total. The van der Waals surface area contributed by atoms with E-state index in [1.807, 2.05) is 13.8 Å². The lowest BCUT2D eigenvalue weighted by Gasteiger charge is -2.09. The van der Waals surface area contributed by atoms with Crippen molar-refractivity contribution >= 4 is 5.97 Å². The van der Waals surface area contributed by atoms with Gasteiger partial charge < -0.3 is 19.3 Å². The first-order chi connectivity index (χ1) is 9.09. The standard InChI is InChI=1S/C14H20O5/c1-11(2)18-8-6-17-7-9-19-13-5-3-4-12(10-13)14(15)16/h3-5,10-11H,6-9H2,1-2H3,(H,15,16). The van der Waals surface area contributed by atoms with Gasteiger partial charge in [-0.15, -0.1) is 0 Å². The van der Waals surface area contributed by atoms with Gasteiger partial charge in [-0.2, -0.15) is 0 Å². The van der Waals surface area contributed by atoms with E-state index in [0.29, 0.717) is 32.2 Å². The van der Waals surface area contributed by atoms with Crippen LogP contribution in [0, 0.1) is 0 Å². The molecule has 0 aromatic heterocycles. The van der Waals surface area contributed by atoms with Crippen LogP contribution in [0.3, 0.4) is 0 Å². The number of carboxylic acids is 1. The monoisotopic (exact) mass is 268 g/mol. The van der Waals surface area contributed by atoms with E-state index < -0.39 is 5.97 Å². The van der Waals surface area contributed by atoms with E-state index >= 15 is 0 Å². The third kappa shape index (κ3) is 6.79. The van der Waals surface area contributed by atoms with Crippen molar-refractivity contribution in [3.63, 3.8) is 0 Å². The molecule has 106 valence electrons. The molecule has 1 aromatic rings. The average molecular weight is 268 g/mol. The fourth-order valence-corrected chi connectivity index (χ4v) is 1.38. The molecule has 0 radical (unpaired) electrons. The van der Waals surface area contributed by atoms with Crippen molar-refractivity contribution in [1.82, 2.24) is 0 Å². The van der Waals surface area contributed by atoms with Gasteiger partial charge in [0.2, 0.25) is 0 Å². The number of hydrogen-bond acceptors (Lipinski definition) is 4. The molecular weight excluding hydrogens is 248 g/mol. The molecule has 0 spiro atoms. The van der Waals surface area contributed by atoms with E-state index in [4.69, 9.17) is 19.3 Å². The van der Waals surface area contributed by atoms with E-state index in [9.17, 15) is 4.79 Å². The lowest BCUT2D eigenvalue weighted by molar-refractivity contribution is 0.0124. The maximum atomic E-state index is 10.8. The Morgan fingerprint density at radius 1 is 1.21 bits per heavy atom. The maximum Gasteiger partial charge on any atom is 0.335 e. The Kier molecular flexibility index (Phi) is 6.92. The predicted octanol–water partition coefficient (Wildman–Crippen LogP) is 2.21. The van der Waals surface area contributed by atoms with Gasteiger partial charge >= 0.3 is 5.97 Å². The molecule has 1 N–H and O–H groups in total. The summed E-state index contributed by atoms with van der Waals surface area (Å²) in [6, 6.07) is 6.38. The Bertz CT molecular complexity index is 389. The van der Waals surface area contributed by atoms with Gasteiger partial charge in [-0.1, -0.05) is 6.07 Å². The first-order valence-corrected chi connectivity index (χ1v) is 6.25. The van der Waals surface area contributed by atoms with E-state index in [1.165, 1.54) is 12.1 Å². The van der Waals surface area contributed by atoms with Gasteiger partial charge in [0.15, 0.2) is 0 Å². The summed E-state index contributed by atoms with van der Waals surface area (Å²) in [5.41, 5.74) is 0.212. The second kappa shape index (κ2) is 8.50. The third-order valence-corrected chi connectivity index (χ3v) is 2.26. The molecule has 1 rings (SSSR count). The molecule has 0 unspecified atom stereocenters. The topological polar surface area (TPSA) is 65.0 Å². The van der Waals surface area contributed by atoms with E-state index in [2.05, 4.69) is 0 Å². The minimum Gasteiger partial charge on any atom is -0.491 e. The van der Waals surface area contributed by atoms with Crippen molar-refractivity contribution in [3.8, 4) is 5.75 Å². The summed E-state index contributed by atoms with van der Waals surface area (Å²) in [6.07, 6.45) is 0.207. The van der Waals surface area contributed by atoms with E-state index in [0.717, 1.165) is 0 Å². The molecule has 1 aromatic carbocycles. The number of hydrogen-bond donors (Lipinski definition) is 1. The molecule has 0 heterocycles. The van der Waals surface area contributed by atoms with Crippen LogP contribution in [-0.4, -0.2) is 43.6 Å². The lowest BCUT2D eigenvalue weighted by atomic mass is 10.2. The highest BCUT2D eigenvalue weighted by Crippen LogP contribution is 2.13. The smallest absolute Gasteiger partial charge is 0.335 e. The summed E-state index contributed by atoms with van der Waals surface area (Å²) in [5.74, 6) is -0.436. The Morgan fingerprint density at radius 2 is 1.95 bits per heavy atom. The Labute approximate surface area is 113 Å². The van der Waals surface area contributed by atoms with Gasteiger partial charge in [0.25, 0.3) is 0 Å². The SMILES string of the molecule is CC(C)OCCOCCOc1cccc(C(=O)O)c1. The van der Waals surface area contributed by atoms with Crippen LogP contribution in [0.1, 0.15) is 24.2 Å². The van der Waals surface area contributed by atoms with Crippen LogP contribution in [0.2, 0.25) is 0 Å². The summed E-state index contributed by atoms with van der Waals surface area (Å²) in [6.45, 7) is 5.85. The number of carboxylic acid groups (broad SMARTS) is 1. The highest BCUT2D eigenvalue weighted by atomic mass is 16.5. The predicted molar refractivity (Wildman–Crippen MR) is 70.8 cm³/mol. The Balaban J connectivity index is 2.15. The van der Waals surface area contributed by atoms with Crippen LogP contribution in [0.5, 0.6) is 5.75 Å². The van der Waals surface area contributed by atoms with Crippen LogP contribution in [0.15, 0.2) is 24.3 Å². The molecule has 19 heavy (non-hydrogen) atoms. The minimum absolute atomic E-state index is 0.207. The van der Waals surface area contributed by atoms with Crippen LogP contribution >= 0.6 is 0 Å². The van der Waals surface area contributed by atoms with Gasteiger partial charge in [0, 0.05) is 0 Å². The van der Waals surface area contributed by atoms with Crippen LogP contribution < -0.4 is 4.74 Å². The molecule has 0 saturated heterocycles. The number of benzene rings is 1. The van der Waals surface area contributed by atoms with Crippen molar-refractivity contribution in [1.29, 1.82) is 0 Å². The molecule has 0 atom stereocenters. The number of aromatic carboxylic acids is 1. The summed E-state index contributed by atoms with van der Waals surface area (Å²) < 4.78 is 16.0. The van der Waals surface area contributed by atoms with Crippen molar-refractivity contribution in [2.24, 2.45) is 0 Å². The third-order valence-electron chi connectivity index (χ3n) is 2.26. The second-order valence-corrected chi connectivity index (χ2v) is 4.21. The van der Waals surface area contributed by atoms with Gasteiger partial charge in [-0.25, -0.2) is 4.79 Å². The van der Waals surface area contributed by atoms with Crippen LogP contribution in [0.4, 0.5) is 0 Å². The number of ether oxygens (including phenoxy) is 3. The van der Waals surface area contributed by atoms with Gasteiger partial charge in [-0.3, -0.25) is 0 Å². The van der Waals surface area contributed by atoms with Gasteiger partial charge in [0.1, 0.15) is 12.4 Å². The van der Waals surface area contributed by atoms with E-state index in [1.54, 1.807) is 12.1 Å². The van der Waals surface area contributed by atoms with Gasteiger partial charge in [0.05, 0.1) is 31.5 Å². The largest absolute Gasteiger partial charge is 0.491 e. The normalized spacial score (nSPS) is 10.7. The number of rotatable bonds is 9. The highest BCUT2D eigenvalue weighted by molar-refractivity contribution is 5.87. The first-order valence-electron chi connectivity index (χ1n) is 6.25. The molecule has 0 aliphatic rings. The molecule has 0 amide bonds. The molecule has 0 aliphatic heterocycles. The summed E-state index contributed by atoms with van der Waals surface area (Å²) >= 11 is 0. The Hall–Kier alpha value is -1.59. The Morgan fingerprint density at radius 3 is 2.63 bits per heavy atom. The van der Waals surface area contributed by atoms with Gasteiger partial charge in [-0.05, 0) is 32.0 Å². The molecule has 0 aliphatic carbocycles. The summed E-state index contributed by atoms with van der Waals surface area (Å²) in [7, 11) is 0. The average Bonchev–Trinajstić information content (AvgIpc) is 2.37. The zero-order chi connectivity index (χ0) is 14.1. The summed E-state index contributed by atoms with van der Waals surface area (Å²) in [4.78, 5) is 10.8. The molecule has 0 saturated carbocycles. The van der Waals surface area contributed by atoms with Crippen molar-refractivity contribution in [2.45, 2.75) is 20.0 Å². The molecule has 0 fully saturated rings. The van der Waals surface area contributed by atoms with Crippen molar-refractivity contribution < 1.29 is 24.1 Å². The fraction of sp³-hybridized carbons (Fsp3) is 0.500. The van der Waals surface area contributed by atoms with Crippen molar-refractivity contribution in [3.05, 3.63) is 29.8 Å². The van der Waals surface area contributed by atoms with Crippen molar-refractivity contribution in [2.75, 3.05) is 26.4 Å². The van der Waals surface area contributed by atoms with E-state index in [-0.39, 0.29) is 11.7 Å². The van der Waals surface area contributed by atoms with Crippen LogP contribution in [-0.2, 0) is 9.47 Å². The van der Waals surface area contributed by atoms with Crippen LogP contribution in [0.25, 0.3) is 0 Å². The fourth-order valence-electron chi connectivity index (χ4n) is 1.38. The molecule has 0 bridgehead atoms. The zero-order valence-corrected chi connectivity index (χ0v) is 11.3. The molecular formula is C14H20O5. The lowest BCUT2D eigenvalue weighted by Crippen LogP contribution is -2.13. The zero-order valence-electron chi connectivity index (χ0n) is 11.3. The summed E-state index contributed by atoms with van der Waals surface area (Å²) in [5, 5.41) is 8.83. The quantitative estimate of drug-likeness (QED) is 0.695. The minimum atomic E-state index is -0.965. The number of carbonyl (C=O) groups is 1. The highest BCUT2D eigenvalue weighted by Gasteiger charge is 2.03. The molecule has 5 heteroatoms. The second-order valence-electron chi connectivity index (χ2n) is 4.21.